The lowest BCUT2D eigenvalue weighted by Crippen LogP contribution is -2.41. The Morgan fingerprint density at radius 2 is 0.830 bits per heavy atom. The minimum absolute atomic E-state index is 0.00695. The summed E-state index contributed by atoms with van der Waals surface area (Å²) in [5.74, 6) is -5.60. The summed E-state index contributed by atoms with van der Waals surface area (Å²) in [6.07, 6.45) is -0.190. The number of likely N-dealkylation sites (tertiary alicyclic amines) is 2. The summed E-state index contributed by atoms with van der Waals surface area (Å²) in [5, 5.41) is 9.24. The summed E-state index contributed by atoms with van der Waals surface area (Å²) in [6.45, 7) is 20.7. The number of rotatable bonds is 8. The fraction of sp³-hybridized carbons (Fsp3) is 0.353. The van der Waals surface area contributed by atoms with Crippen LogP contribution in [-0.4, -0.2) is 109 Å². The number of benzene rings is 6. The Kier molecular flexibility index (Phi) is 20.7. The Labute approximate surface area is 514 Å². The number of carbonyl (C=O) groups is 2. The third-order valence-electron chi connectivity index (χ3n) is 16.4. The van der Waals surface area contributed by atoms with Gasteiger partial charge >= 0.3 is 26.4 Å². The molecule has 12 rings (SSSR count). The largest absolute Gasteiger partial charge is 0.494 e. The summed E-state index contributed by atoms with van der Waals surface area (Å²) in [6, 6.07) is 53.1. The number of aryl methyl sites for hydroxylation is 3. The lowest BCUT2D eigenvalue weighted by Gasteiger charge is -2.32. The predicted octanol–water partition coefficient (Wildman–Crippen LogP) is 14.5. The summed E-state index contributed by atoms with van der Waals surface area (Å²) >= 11 is 0. The second-order valence-corrected chi connectivity index (χ2v) is 24.5. The fourth-order valence-electron chi connectivity index (χ4n) is 9.82. The summed E-state index contributed by atoms with van der Waals surface area (Å²) in [5.41, 5.74) is 7.63. The van der Waals surface area contributed by atoms with E-state index in [1.165, 1.54) is 22.9 Å². The third-order valence-corrected chi connectivity index (χ3v) is 16.4. The molecule has 88 heavy (non-hydrogen) atoms. The molecule has 4 aliphatic heterocycles. The van der Waals surface area contributed by atoms with Gasteiger partial charge in [-0.3, -0.25) is 9.80 Å². The maximum Gasteiger partial charge on any atom is 0.494 e. The number of carboxylic acid groups (broad SMARTS) is 1. The highest BCUT2D eigenvalue weighted by molar-refractivity contribution is 6.62. The number of amides is 2. The van der Waals surface area contributed by atoms with Crippen molar-refractivity contribution in [2.24, 2.45) is 0 Å². The summed E-state index contributed by atoms with van der Waals surface area (Å²) in [7, 11) is -0.959. The molecule has 0 spiro atoms. The number of halogens is 4. The minimum Gasteiger partial charge on any atom is -0.465 e. The van der Waals surface area contributed by atoms with E-state index in [0.717, 1.165) is 37.4 Å². The first-order valence-corrected chi connectivity index (χ1v) is 29.3. The molecule has 0 radical (unpaired) electrons. The van der Waals surface area contributed by atoms with Gasteiger partial charge in [-0.15, -0.1) is 0 Å². The van der Waals surface area contributed by atoms with E-state index in [2.05, 4.69) is 77.1 Å². The molecule has 20 heteroatoms. The highest BCUT2D eigenvalue weighted by Crippen LogP contribution is 2.43. The molecule has 2 aromatic heterocycles. The molecule has 6 aromatic carbocycles. The molecular formula is C68H78B2F4N6O8. The van der Waals surface area contributed by atoms with Crippen molar-refractivity contribution < 1.29 is 55.6 Å². The molecule has 0 aliphatic carbocycles. The monoisotopic (exact) mass is 1200 g/mol. The summed E-state index contributed by atoms with van der Waals surface area (Å²) in [4.78, 5) is 40.5. The number of carbonyl (C=O) groups excluding carboxylic acids is 1. The standard InChI is InChI=1S/C27H30BF2N3O4.C20H24BF2N3O4.3C7H8/c1-25(2)26(3,4)37-28(36-25)20-12-10-19(11-13-20)21-15-31-23(32-21)22-14-27(29,30)17-33(22)24(34)35-16-18-8-6-5-7-9-18;1-18(2)19(3,4)30-21(29-18)13-7-5-12(6-8-13)14-10-24-16(25-14)15-9-20(22,23)11-26(15)17(27)28;3*1-7-5-3-2-4-6-7/h5-13,15,22H,14,16-17H2,1-4H3,(H,31,32);5-8,10,15H,9,11H2,1-4H3,(H,24,25)(H,27,28);3*2-6H,1H3. The zero-order valence-electron chi connectivity index (χ0n) is 51.8. The van der Waals surface area contributed by atoms with Gasteiger partial charge in [-0.05, 0) is 104 Å². The quantitative estimate of drug-likeness (QED) is 0.0985. The van der Waals surface area contributed by atoms with Crippen LogP contribution in [0.5, 0.6) is 0 Å². The van der Waals surface area contributed by atoms with Gasteiger partial charge in [-0.1, -0.05) is 187 Å². The van der Waals surface area contributed by atoms with Crippen molar-refractivity contribution in [3.05, 3.63) is 216 Å². The van der Waals surface area contributed by atoms with Gasteiger partial charge in [-0.2, -0.15) is 0 Å². The molecular weight excluding hydrogens is 1130 g/mol. The van der Waals surface area contributed by atoms with Crippen LogP contribution in [0.2, 0.25) is 0 Å². The first-order chi connectivity index (χ1) is 41.5. The number of ether oxygens (including phenoxy) is 1. The molecule has 3 N–H and O–H groups in total. The number of hydrogen-bond acceptors (Lipinski definition) is 9. The van der Waals surface area contributed by atoms with E-state index in [1.54, 1.807) is 18.3 Å². The first-order valence-electron chi connectivity index (χ1n) is 29.3. The van der Waals surface area contributed by atoms with Gasteiger partial charge in [0.25, 0.3) is 11.8 Å². The van der Waals surface area contributed by atoms with Crippen LogP contribution in [0, 0.1) is 20.8 Å². The average Bonchev–Trinajstić information content (AvgIpc) is 3.63. The second kappa shape index (κ2) is 27.6. The van der Waals surface area contributed by atoms with Gasteiger partial charge in [0.15, 0.2) is 0 Å². The van der Waals surface area contributed by atoms with Crippen molar-refractivity contribution in [1.82, 2.24) is 29.7 Å². The predicted molar refractivity (Wildman–Crippen MR) is 336 cm³/mol. The lowest BCUT2D eigenvalue weighted by atomic mass is 9.79. The zero-order valence-corrected chi connectivity index (χ0v) is 51.8. The van der Waals surface area contributed by atoms with Crippen LogP contribution in [0.4, 0.5) is 27.2 Å². The summed E-state index contributed by atoms with van der Waals surface area (Å²) < 4.78 is 85.9. The Morgan fingerprint density at radius 1 is 0.511 bits per heavy atom. The number of hydrogen-bond donors (Lipinski definition) is 3. The van der Waals surface area contributed by atoms with Gasteiger partial charge in [0.05, 0.1) is 71.4 Å². The maximum absolute atomic E-state index is 14.4. The molecule has 4 aliphatic rings. The first kappa shape index (κ1) is 65.9. The van der Waals surface area contributed by atoms with Crippen molar-refractivity contribution in [2.45, 2.75) is 142 Å². The van der Waals surface area contributed by atoms with E-state index >= 15 is 0 Å². The van der Waals surface area contributed by atoms with Gasteiger partial charge in [0, 0.05) is 12.8 Å². The number of aromatic nitrogens is 4. The lowest BCUT2D eigenvalue weighted by molar-refractivity contribution is 0.00578. The molecule has 8 aromatic rings. The number of aromatic amines is 2. The van der Waals surface area contributed by atoms with Crippen LogP contribution in [0.1, 0.15) is 114 Å². The van der Waals surface area contributed by atoms with Gasteiger partial charge < -0.3 is 38.4 Å². The number of alkyl halides is 4. The van der Waals surface area contributed by atoms with Crippen LogP contribution in [0.25, 0.3) is 22.5 Å². The molecule has 2 unspecified atom stereocenters. The average molecular weight is 1210 g/mol. The molecule has 0 saturated carbocycles. The van der Waals surface area contributed by atoms with E-state index < -0.39 is 98.7 Å². The third kappa shape index (κ3) is 17.0. The van der Waals surface area contributed by atoms with Crippen molar-refractivity contribution in [3.8, 4) is 22.5 Å². The molecule has 0 bridgehead atoms. The number of nitrogens with zero attached hydrogens (tertiary/aromatic N) is 4. The molecule has 2 atom stereocenters. The van der Waals surface area contributed by atoms with Gasteiger partial charge in [0.1, 0.15) is 18.3 Å². The zero-order chi connectivity index (χ0) is 63.7. The number of nitrogens with one attached hydrogen (secondary N) is 2. The molecule has 462 valence electrons. The molecule has 2 amide bonds. The normalized spacial score (nSPS) is 19.6. The van der Waals surface area contributed by atoms with E-state index in [1.807, 2.05) is 177 Å². The maximum atomic E-state index is 14.4. The van der Waals surface area contributed by atoms with Gasteiger partial charge in [0.2, 0.25) is 0 Å². The van der Waals surface area contributed by atoms with Crippen molar-refractivity contribution >= 4 is 37.3 Å². The number of imidazole rings is 2. The Bertz CT molecular complexity index is 3400. The SMILES string of the molecule is CC1(C)OB(c2ccc(-c3cnc(C4CC(F)(F)CN4C(=O)O)[nH]3)cc2)OC1(C)C.CC1(C)OB(c2ccc(-c3cnc(C4CC(F)(F)CN4C(=O)OCc4ccccc4)[nH]3)cc2)OC1(C)C.Cc1ccccc1.Cc1ccccc1.Cc1ccccc1. The van der Waals surface area contributed by atoms with Gasteiger partial charge in [-0.25, -0.2) is 37.1 Å². The van der Waals surface area contributed by atoms with Crippen molar-refractivity contribution in [3.63, 3.8) is 0 Å². The van der Waals surface area contributed by atoms with Crippen molar-refractivity contribution in [1.29, 1.82) is 0 Å². The number of H-pyrrole nitrogens is 2. The molecule has 4 saturated heterocycles. The smallest absolute Gasteiger partial charge is 0.465 e. The van der Waals surface area contributed by atoms with Crippen LogP contribution in [-0.2, 0) is 30.0 Å². The van der Waals surface area contributed by atoms with Crippen LogP contribution < -0.4 is 10.9 Å². The fourth-order valence-corrected chi connectivity index (χ4v) is 9.82. The minimum atomic E-state index is -3.07. The van der Waals surface area contributed by atoms with E-state index in [9.17, 15) is 32.3 Å². The second-order valence-electron chi connectivity index (χ2n) is 24.5. The molecule has 4 fully saturated rings. The van der Waals surface area contributed by atoms with E-state index in [4.69, 9.17) is 23.4 Å². The Hall–Kier alpha value is -8.03. The van der Waals surface area contributed by atoms with E-state index in [0.29, 0.717) is 17.2 Å². The molecule has 6 heterocycles. The molecule has 14 nitrogen and oxygen atoms in total. The topological polar surface area (TPSA) is 164 Å². The van der Waals surface area contributed by atoms with Crippen molar-refractivity contribution in [2.75, 3.05) is 13.1 Å². The highest BCUT2D eigenvalue weighted by Gasteiger charge is 2.54. The highest BCUT2D eigenvalue weighted by atomic mass is 19.3. The Balaban J connectivity index is 0.000000172. The van der Waals surface area contributed by atoms with E-state index in [-0.39, 0.29) is 12.4 Å². The van der Waals surface area contributed by atoms with Crippen LogP contribution in [0.3, 0.4) is 0 Å². The van der Waals surface area contributed by atoms with Crippen LogP contribution >= 0.6 is 0 Å². The van der Waals surface area contributed by atoms with Crippen LogP contribution in [0.15, 0.2) is 182 Å². The Morgan fingerprint density at radius 3 is 1.15 bits per heavy atom.